The number of carboxylic acid groups (broad SMARTS) is 20. The van der Waals surface area contributed by atoms with E-state index >= 15 is 0 Å². The van der Waals surface area contributed by atoms with Crippen LogP contribution < -0.4 is 5.32 Å². The Morgan fingerprint density at radius 1 is 0.216 bits per heavy atom. The topological polar surface area (TPSA) is 862 Å². The second-order valence-corrected chi connectivity index (χ2v) is 21.7. The fourth-order valence-electron chi connectivity index (χ4n) is 7.98. The van der Waals surface area contributed by atoms with Crippen molar-refractivity contribution in [2.75, 3.05) is 118 Å². The largest absolute Gasteiger partial charge is 0.481 e. The summed E-state index contributed by atoms with van der Waals surface area (Å²) in [6.45, 7) is -3.66. The predicted octanol–water partition coefficient (Wildman–Crippen LogP) is -7.15. The van der Waals surface area contributed by atoms with Crippen LogP contribution in [0.25, 0.3) is 0 Å². The molecular weight excluding hydrogens is 1540 g/mol. The molecule has 0 aliphatic rings. The molecule has 0 aromatic heterocycles. The number of ether oxygens (including phenoxy) is 8. The number of hydrogen-bond acceptors (Lipinski definition) is 33. The summed E-state index contributed by atoms with van der Waals surface area (Å²) in [4.78, 5) is 220. The van der Waals surface area contributed by atoms with Gasteiger partial charge in [-0.2, -0.15) is 0 Å². The van der Waals surface area contributed by atoms with Crippen LogP contribution in [-0.2, 0) is 134 Å². The van der Waals surface area contributed by atoms with Crippen molar-refractivity contribution in [3.63, 3.8) is 0 Å². The molecule has 0 rings (SSSR count). The van der Waals surface area contributed by atoms with Gasteiger partial charge in [-0.15, -0.1) is 0 Å². The number of carbonyl (C=O) groups is 20. The third-order valence-corrected chi connectivity index (χ3v) is 13.1. The van der Waals surface area contributed by atoms with Crippen LogP contribution >= 0.6 is 0 Å². The molecule has 0 aliphatic heterocycles. The highest BCUT2D eigenvalue weighted by Crippen LogP contribution is 2.12. The van der Waals surface area contributed by atoms with Crippen molar-refractivity contribution >= 4 is 119 Å². The molecule has 0 fully saturated rings. The zero-order valence-corrected chi connectivity index (χ0v) is 58.2. The minimum atomic E-state index is -1.73. The Labute approximate surface area is 622 Å². The molecule has 0 aromatic carbocycles. The minimum absolute atomic E-state index is 0.0521. The molecule has 10 unspecified atom stereocenters. The second-order valence-electron chi connectivity index (χ2n) is 21.7. The van der Waals surface area contributed by atoms with E-state index in [0.717, 1.165) is 9.80 Å². The number of aliphatic hydroxyl groups is 1. The first-order chi connectivity index (χ1) is 51.6. The SMILES string of the molecule is O=C(O)CC(OCCN(CCO)C(CC(=O)O)C(=O)O)C(=O)O.O=C(O)CC(OCCN(CCOC(CC(=O)O)C(=O)O)C(CC(=O)O)C(=O)O)C(=O)O.O=C(O)CC(OCCN(CCOC(CC(=O)O)C(=O)O)CCOC(CC(=O)O)C(=O)O)C(=O)O.O=C(O)CC(OCCNCCOC(CC(=O)O)C(=O)O)C(=O)O. The van der Waals surface area contributed by atoms with Crippen LogP contribution in [0.3, 0.4) is 0 Å². The van der Waals surface area contributed by atoms with Crippen LogP contribution in [-0.4, -0.2) is 421 Å². The molecule has 634 valence electrons. The van der Waals surface area contributed by atoms with E-state index in [0.29, 0.717) is 0 Å². The average molecular weight is 1630 g/mol. The highest BCUT2D eigenvalue weighted by Gasteiger charge is 2.33. The molecule has 53 heteroatoms. The predicted molar refractivity (Wildman–Crippen MR) is 344 cm³/mol. The summed E-state index contributed by atoms with van der Waals surface area (Å²) in [5, 5.41) is 188. The van der Waals surface area contributed by atoms with E-state index in [-0.39, 0.29) is 98.5 Å². The van der Waals surface area contributed by atoms with Crippen LogP contribution in [0.15, 0.2) is 0 Å². The van der Waals surface area contributed by atoms with Crippen molar-refractivity contribution in [1.82, 2.24) is 20.0 Å². The van der Waals surface area contributed by atoms with Gasteiger partial charge in [-0.25, -0.2) is 38.4 Å². The van der Waals surface area contributed by atoms with Gasteiger partial charge in [0.25, 0.3) is 0 Å². The lowest BCUT2D eigenvalue weighted by Crippen LogP contribution is -2.46. The number of rotatable bonds is 66. The zero-order valence-electron chi connectivity index (χ0n) is 58.2. The molecule has 0 radical (unpaired) electrons. The van der Waals surface area contributed by atoms with Crippen LogP contribution in [0.1, 0.15) is 64.2 Å². The quantitative estimate of drug-likeness (QED) is 0.0252. The molecule has 0 saturated carbocycles. The minimum Gasteiger partial charge on any atom is -0.481 e. The molecule has 0 bridgehead atoms. The van der Waals surface area contributed by atoms with Crippen molar-refractivity contribution in [1.29, 1.82) is 0 Å². The average Bonchev–Trinajstić information content (AvgIpc) is 0.884. The molecule has 111 heavy (non-hydrogen) atoms. The zero-order chi connectivity index (χ0) is 86.2. The van der Waals surface area contributed by atoms with Crippen LogP contribution in [0.5, 0.6) is 0 Å². The summed E-state index contributed by atoms with van der Waals surface area (Å²) in [6, 6.07) is -3.05. The van der Waals surface area contributed by atoms with Gasteiger partial charge >= 0.3 is 119 Å². The summed E-state index contributed by atoms with van der Waals surface area (Å²) < 4.78 is 39.6. The van der Waals surface area contributed by atoms with E-state index in [1.807, 2.05) is 0 Å². The van der Waals surface area contributed by atoms with Gasteiger partial charge in [-0.3, -0.25) is 72.2 Å². The van der Waals surface area contributed by atoms with E-state index in [1.54, 1.807) is 0 Å². The Morgan fingerprint density at radius 3 is 0.532 bits per heavy atom. The first-order valence-corrected chi connectivity index (χ1v) is 31.5. The molecule has 0 aliphatic carbocycles. The van der Waals surface area contributed by atoms with E-state index in [4.69, 9.17) is 140 Å². The first kappa shape index (κ1) is 106. The Hall–Kier alpha value is -11.1. The first-order valence-electron chi connectivity index (χ1n) is 31.5. The number of nitrogens with zero attached hydrogens (tertiary/aromatic N) is 3. The smallest absolute Gasteiger partial charge is 0.333 e. The molecule has 10 atom stereocenters. The second kappa shape index (κ2) is 60.7. The van der Waals surface area contributed by atoms with Gasteiger partial charge in [0.05, 0.1) is 124 Å². The lowest BCUT2D eigenvalue weighted by atomic mass is 10.1. The van der Waals surface area contributed by atoms with Crippen molar-refractivity contribution in [3.05, 3.63) is 0 Å². The maximum absolute atomic E-state index is 11.4. The molecule has 22 N–H and O–H groups in total. The molecule has 53 nitrogen and oxygen atoms in total. The number of carboxylic acids is 20. The van der Waals surface area contributed by atoms with Gasteiger partial charge in [0, 0.05) is 58.9 Å². The number of nitrogens with one attached hydrogen (secondary N) is 1. The van der Waals surface area contributed by atoms with Crippen LogP contribution in [0.4, 0.5) is 0 Å². The summed E-state index contributed by atoms with van der Waals surface area (Å²) in [5.74, 6) is -28.8. The Bertz CT molecular complexity index is 2860. The highest BCUT2D eigenvalue weighted by atomic mass is 16.6. The molecule has 0 heterocycles. The fraction of sp³-hybridized carbons (Fsp3) is 0.655. The highest BCUT2D eigenvalue weighted by molar-refractivity contribution is 5.85. The van der Waals surface area contributed by atoms with Gasteiger partial charge in [-0.1, -0.05) is 0 Å². The van der Waals surface area contributed by atoms with Gasteiger partial charge in [0.2, 0.25) is 0 Å². The van der Waals surface area contributed by atoms with E-state index in [9.17, 15) is 101 Å². The maximum Gasteiger partial charge on any atom is 0.333 e. The summed E-state index contributed by atoms with van der Waals surface area (Å²) >= 11 is 0. The molecule has 0 aromatic rings. The normalized spacial score (nSPS) is 13.6. The summed E-state index contributed by atoms with van der Waals surface area (Å²) in [5.41, 5.74) is 0. The molecular formula is C58H88N4O49. The van der Waals surface area contributed by atoms with Gasteiger partial charge in [-0.05, 0) is 0 Å². The van der Waals surface area contributed by atoms with Gasteiger partial charge in [0.15, 0.2) is 48.8 Å². The van der Waals surface area contributed by atoms with Crippen molar-refractivity contribution in [3.8, 4) is 0 Å². The van der Waals surface area contributed by atoms with Crippen molar-refractivity contribution in [2.24, 2.45) is 0 Å². The standard InChI is InChI=1S/C18H27NO15.C16H23NO14.2C12H19NO10/c20-13(21)7-10(16(26)27)32-4-1-19(2-5-33-11(17(28)29)8-14(22)23)3-6-34-12(18(30)31)9-15(24)25;18-11(19)5-8(14(24)25)17(1-3-30-9(15(26)27)6-12(20)21)2-4-31-10(16(28)29)7-13(22)23;14-9(15)5-7(11(18)19)22-3-1-13-2-4-23-8(12(20)21)6-10(16)17;14-3-1-13(7(11(19)20)5-9(15)16)2-4-23-8(12(21)22)6-10(17)18/h10-12H,1-9H2,(H,20,21)(H,22,23)(H,24,25)(H,26,27)(H,28,29)(H,30,31);8-10H,1-7H2,(H,18,19)(H,20,21)(H,22,23)(H,24,25)(H,26,27)(H,28,29);7-8,13H,1-6H2,(H,14,15)(H,16,17)(H,18,19)(H,20,21);7-8,14H,1-6H2,(H,15,16)(H,17,18)(H,19,20)(H,21,22). The third-order valence-electron chi connectivity index (χ3n) is 13.1. The Kier molecular flexibility index (Phi) is 58.1. The lowest BCUT2D eigenvalue weighted by Gasteiger charge is -2.28. The number of aliphatic hydroxyl groups excluding tert-OH is 1. The number of hydrogen-bond donors (Lipinski definition) is 22. The molecule has 0 saturated heterocycles. The van der Waals surface area contributed by atoms with E-state index in [1.165, 1.54) is 4.90 Å². The Balaban J connectivity index is -0.000000697. The van der Waals surface area contributed by atoms with Gasteiger partial charge in [0.1, 0.15) is 12.1 Å². The van der Waals surface area contributed by atoms with Gasteiger partial charge < -0.3 is 150 Å². The molecule has 0 spiro atoms. The third kappa shape index (κ3) is 58.6. The van der Waals surface area contributed by atoms with Crippen LogP contribution in [0.2, 0.25) is 0 Å². The van der Waals surface area contributed by atoms with E-state index in [2.05, 4.69) is 5.32 Å². The number of aliphatic carboxylic acids is 20. The molecule has 0 amide bonds. The van der Waals surface area contributed by atoms with E-state index < -0.39 is 264 Å². The van der Waals surface area contributed by atoms with Crippen molar-refractivity contribution < 1.29 is 241 Å². The van der Waals surface area contributed by atoms with Crippen molar-refractivity contribution in [2.45, 2.75) is 125 Å². The van der Waals surface area contributed by atoms with Crippen LogP contribution in [0, 0.1) is 0 Å². The maximum atomic E-state index is 11.4. The Morgan fingerprint density at radius 2 is 0.378 bits per heavy atom. The fourth-order valence-corrected chi connectivity index (χ4v) is 7.98. The lowest BCUT2D eigenvalue weighted by molar-refractivity contribution is -0.159. The summed E-state index contributed by atoms with van der Waals surface area (Å²) in [7, 11) is 0. The monoisotopic (exact) mass is 1620 g/mol. The summed E-state index contributed by atoms with van der Waals surface area (Å²) in [6.07, 6.45) is -20.7.